The molecule has 0 aliphatic carbocycles. The quantitative estimate of drug-likeness (QED) is 0.328. The number of para-hydroxylation sites is 1. The van der Waals surface area contributed by atoms with Gasteiger partial charge in [-0.25, -0.2) is 13.4 Å². The molecular formula is C29H33N7O4S. The summed E-state index contributed by atoms with van der Waals surface area (Å²) in [6.07, 6.45) is 8.19. The predicted octanol–water partition coefficient (Wildman–Crippen LogP) is 2.95. The van der Waals surface area contributed by atoms with Crippen LogP contribution in [0.3, 0.4) is 0 Å². The lowest BCUT2D eigenvalue weighted by atomic mass is 10.1. The van der Waals surface area contributed by atoms with Crippen LogP contribution in [-0.4, -0.2) is 81.2 Å². The van der Waals surface area contributed by atoms with E-state index in [-0.39, 0.29) is 11.8 Å². The Morgan fingerprint density at radius 1 is 0.951 bits per heavy atom. The number of benzene rings is 2. The van der Waals surface area contributed by atoms with E-state index in [2.05, 4.69) is 10.4 Å². The van der Waals surface area contributed by atoms with Crippen LogP contribution >= 0.6 is 0 Å². The first-order valence-electron chi connectivity index (χ1n) is 13.4. The first-order chi connectivity index (χ1) is 19.7. The maximum Gasteiger partial charge on any atom is 0.258 e. The number of carbonyl (C=O) groups excluding carboxylic acids is 2. The molecule has 1 N–H and O–H groups in total. The van der Waals surface area contributed by atoms with Gasteiger partial charge in [-0.1, -0.05) is 30.3 Å². The number of piperazine rings is 1. The van der Waals surface area contributed by atoms with Gasteiger partial charge in [0.1, 0.15) is 0 Å². The van der Waals surface area contributed by atoms with Gasteiger partial charge in [0.15, 0.2) is 0 Å². The molecule has 0 spiro atoms. The molecule has 214 valence electrons. The second-order valence-corrected chi connectivity index (χ2v) is 12.1. The van der Waals surface area contributed by atoms with Crippen molar-refractivity contribution in [3.63, 3.8) is 0 Å². The number of aromatic nitrogens is 4. The fourth-order valence-electron chi connectivity index (χ4n) is 4.85. The molecule has 1 fully saturated rings. The second-order valence-electron chi connectivity index (χ2n) is 10.1. The van der Waals surface area contributed by atoms with Crippen molar-refractivity contribution in [1.29, 1.82) is 0 Å². The number of carbonyl (C=O) groups is 2. The number of nitrogens with one attached hydrogen (secondary N) is 1. The molecule has 2 amide bonds. The largest absolute Gasteiger partial charge is 0.340 e. The Morgan fingerprint density at radius 2 is 1.71 bits per heavy atom. The Bertz CT molecular complexity index is 1640. The van der Waals surface area contributed by atoms with E-state index in [0.717, 1.165) is 22.5 Å². The van der Waals surface area contributed by atoms with Crippen LogP contribution in [0.15, 0.2) is 73.2 Å². The molecule has 1 aliphatic rings. The summed E-state index contributed by atoms with van der Waals surface area (Å²) in [6, 6.07) is 17.0. The monoisotopic (exact) mass is 575 g/mol. The number of sulfonamides is 1. The Labute approximate surface area is 239 Å². The zero-order valence-electron chi connectivity index (χ0n) is 23.1. The van der Waals surface area contributed by atoms with Gasteiger partial charge in [-0.05, 0) is 42.7 Å². The molecule has 41 heavy (non-hydrogen) atoms. The number of anilines is 1. The van der Waals surface area contributed by atoms with E-state index in [1.807, 2.05) is 72.5 Å². The molecule has 1 saturated heterocycles. The molecule has 1 aliphatic heterocycles. The Balaban J connectivity index is 1.26. The molecule has 3 heterocycles. The lowest BCUT2D eigenvalue weighted by Gasteiger charge is -2.33. The number of imidazole rings is 1. The van der Waals surface area contributed by atoms with Gasteiger partial charge in [-0.2, -0.15) is 9.40 Å². The summed E-state index contributed by atoms with van der Waals surface area (Å²) in [7, 11) is -1.40. The lowest BCUT2D eigenvalue weighted by molar-refractivity contribution is -0.132. The molecule has 0 saturated carbocycles. The van der Waals surface area contributed by atoms with Crippen molar-refractivity contribution < 1.29 is 18.0 Å². The highest BCUT2D eigenvalue weighted by atomic mass is 32.2. The molecule has 0 radical (unpaired) electrons. The van der Waals surface area contributed by atoms with Crippen LogP contribution in [0.25, 0.3) is 16.8 Å². The van der Waals surface area contributed by atoms with Crippen molar-refractivity contribution in [2.75, 3.05) is 37.8 Å². The van der Waals surface area contributed by atoms with E-state index in [0.29, 0.717) is 57.0 Å². The van der Waals surface area contributed by atoms with Crippen molar-refractivity contribution in [3.8, 4) is 16.8 Å². The van der Waals surface area contributed by atoms with E-state index in [1.165, 1.54) is 10.6 Å². The number of amides is 2. The summed E-state index contributed by atoms with van der Waals surface area (Å²) >= 11 is 0. The van der Waals surface area contributed by atoms with Crippen molar-refractivity contribution in [1.82, 2.24) is 28.5 Å². The van der Waals surface area contributed by atoms with E-state index in [1.54, 1.807) is 21.8 Å². The molecule has 12 heteroatoms. The fraction of sp³-hybridized carbons (Fsp3) is 0.310. The normalized spacial score (nSPS) is 14.2. The highest BCUT2D eigenvalue weighted by Gasteiger charge is 2.25. The summed E-state index contributed by atoms with van der Waals surface area (Å²) < 4.78 is 28.4. The molecule has 0 atom stereocenters. The smallest absolute Gasteiger partial charge is 0.258 e. The van der Waals surface area contributed by atoms with Gasteiger partial charge in [0.25, 0.3) is 5.91 Å². The second kappa shape index (κ2) is 12.1. The highest BCUT2D eigenvalue weighted by molar-refractivity contribution is 7.88. The van der Waals surface area contributed by atoms with Crippen molar-refractivity contribution in [2.24, 2.45) is 7.05 Å². The summed E-state index contributed by atoms with van der Waals surface area (Å²) in [4.78, 5) is 32.4. The first kappa shape index (κ1) is 28.2. The summed E-state index contributed by atoms with van der Waals surface area (Å²) in [5.74, 6) is 0.113. The third-order valence-electron chi connectivity index (χ3n) is 7.06. The zero-order valence-corrected chi connectivity index (χ0v) is 23.9. The van der Waals surface area contributed by atoms with Gasteiger partial charge >= 0.3 is 0 Å². The van der Waals surface area contributed by atoms with Gasteiger partial charge in [-0.15, -0.1) is 0 Å². The number of hydrogen-bond acceptors (Lipinski definition) is 6. The Kier molecular flexibility index (Phi) is 8.31. The third kappa shape index (κ3) is 6.90. The van der Waals surface area contributed by atoms with E-state index < -0.39 is 10.0 Å². The van der Waals surface area contributed by atoms with E-state index >= 15 is 0 Å². The van der Waals surface area contributed by atoms with Gasteiger partial charge in [-0.3, -0.25) is 24.2 Å². The molecular weight excluding hydrogens is 542 g/mol. The summed E-state index contributed by atoms with van der Waals surface area (Å²) in [5.41, 5.74) is 3.91. The van der Waals surface area contributed by atoms with Crippen LogP contribution in [0.2, 0.25) is 0 Å². The Hall–Kier alpha value is -4.29. The zero-order chi connectivity index (χ0) is 29.0. The van der Waals surface area contributed by atoms with Gasteiger partial charge in [0, 0.05) is 68.9 Å². The topological polar surface area (TPSA) is 122 Å². The third-order valence-corrected chi connectivity index (χ3v) is 8.37. The summed E-state index contributed by atoms with van der Waals surface area (Å²) in [5, 5.41) is 7.17. The van der Waals surface area contributed by atoms with Crippen LogP contribution in [0.1, 0.15) is 28.9 Å². The number of nitrogens with zero attached hydrogens (tertiary/aromatic N) is 6. The van der Waals surface area contributed by atoms with Gasteiger partial charge in [0.2, 0.25) is 21.9 Å². The molecule has 11 nitrogen and oxygen atoms in total. The van der Waals surface area contributed by atoms with Crippen molar-refractivity contribution in [2.45, 2.75) is 19.3 Å². The average molecular weight is 576 g/mol. The number of aryl methyl sites for hydroxylation is 2. The molecule has 4 aromatic rings. The maximum atomic E-state index is 13.3. The highest BCUT2D eigenvalue weighted by Crippen LogP contribution is 2.22. The number of rotatable bonds is 9. The van der Waals surface area contributed by atoms with Crippen LogP contribution in [0.4, 0.5) is 5.95 Å². The minimum atomic E-state index is -3.24. The first-order valence-corrected chi connectivity index (χ1v) is 15.3. The average Bonchev–Trinajstić information content (AvgIpc) is 3.59. The van der Waals surface area contributed by atoms with Crippen LogP contribution < -0.4 is 5.32 Å². The SMILES string of the molecule is Cn1cc(-c2cccc(C(=O)Nc3nc(CCCC(=O)N4CCN(S(C)(=O)=O)CC4)cn3-c3ccccc3)c2)cn1. The molecule has 0 bridgehead atoms. The van der Waals surface area contributed by atoms with Crippen molar-refractivity contribution >= 4 is 27.8 Å². The summed E-state index contributed by atoms with van der Waals surface area (Å²) in [6.45, 7) is 1.43. The molecule has 0 unspecified atom stereocenters. The minimum absolute atomic E-state index is 0.00247. The molecule has 5 rings (SSSR count). The number of hydrogen-bond donors (Lipinski definition) is 1. The Morgan fingerprint density at radius 3 is 2.39 bits per heavy atom. The van der Waals surface area contributed by atoms with E-state index in [9.17, 15) is 18.0 Å². The van der Waals surface area contributed by atoms with Crippen LogP contribution in [0.5, 0.6) is 0 Å². The van der Waals surface area contributed by atoms with E-state index in [4.69, 9.17) is 4.98 Å². The minimum Gasteiger partial charge on any atom is -0.340 e. The maximum absolute atomic E-state index is 13.3. The molecule has 2 aromatic carbocycles. The van der Waals surface area contributed by atoms with Gasteiger partial charge in [0.05, 0.1) is 18.1 Å². The lowest BCUT2D eigenvalue weighted by Crippen LogP contribution is -2.50. The van der Waals surface area contributed by atoms with Crippen LogP contribution in [0, 0.1) is 0 Å². The van der Waals surface area contributed by atoms with Crippen LogP contribution in [-0.2, 0) is 28.3 Å². The molecule has 2 aromatic heterocycles. The standard InChI is InChI=1S/C29H33N7O4S/c1-33-20-24(19-30-33)22-8-6-9-23(18-22)28(38)32-29-31-25(21-36(29)26-11-4-3-5-12-26)10-7-13-27(37)34-14-16-35(17-15-34)41(2,39)40/h3-6,8-9,11-12,18-21H,7,10,13-17H2,1-2H3,(H,31,32,38). The predicted molar refractivity (Wildman–Crippen MR) is 156 cm³/mol. The fourth-order valence-corrected chi connectivity index (χ4v) is 5.68. The van der Waals surface area contributed by atoms with Crippen molar-refractivity contribution in [3.05, 3.63) is 84.4 Å². The van der Waals surface area contributed by atoms with Gasteiger partial charge < -0.3 is 4.90 Å².